The smallest absolute Gasteiger partial charge is 0.109 e. The van der Waals surface area contributed by atoms with Gasteiger partial charge in [0.05, 0.1) is 5.60 Å². The topological polar surface area (TPSA) is 21.3 Å². The van der Waals surface area contributed by atoms with Gasteiger partial charge in [0.15, 0.2) is 0 Å². The van der Waals surface area contributed by atoms with Crippen molar-refractivity contribution in [3.8, 4) is 0 Å². The van der Waals surface area contributed by atoms with Gasteiger partial charge < -0.3 is 4.74 Å². The highest BCUT2D eigenvalue weighted by atomic mass is 16.5. The molecule has 2 rings (SSSR count). The zero-order chi connectivity index (χ0) is 9.31. The Hall–Kier alpha value is -0.0800. The molecule has 1 aliphatic heterocycles. The van der Waals surface area contributed by atoms with E-state index in [4.69, 9.17) is 4.74 Å². The molecule has 0 amide bonds. The van der Waals surface area contributed by atoms with Gasteiger partial charge in [-0.15, -0.1) is 0 Å². The third-order valence-electron chi connectivity index (χ3n) is 3.24. The van der Waals surface area contributed by atoms with Crippen LogP contribution >= 0.6 is 0 Å². The second-order valence-electron chi connectivity index (χ2n) is 5.01. The first-order chi connectivity index (χ1) is 6.20. The Morgan fingerprint density at radius 1 is 1.38 bits per heavy atom. The van der Waals surface area contributed by atoms with Gasteiger partial charge in [-0.1, -0.05) is 26.7 Å². The maximum atomic E-state index is 6.11. The van der Waals surface area contributed by atoms with Gasteiger partial charge in [-0.3, -0.25) is 5.32 Å². The lowest BCUT2D eigenvalue weighted by molar-refractivity contribution is -0.0413. The lowest BCUT2D eigenvalue weighted by atomic mass is 10.0. The molecule has 2 heteroatoms. The van der Waals surface area contributed by atoms with Gasteiger partial charge in [0.1, 0.15) is 6.23 Å². The van der Waals surface area contributed by atoms with Crippen molar-refractivity contribution in [1.29, 1.82) is 0 Å². The van der Waals surface area contributed by atoms with Crippen LogP contribution in [0, 0.1) is 5.92 Å². The van der Waals surface area contributed by atoms with Gasteiger partial charge >= 0.3 is 0 Å². The summed E-state index contributed by atoms with van der Waals surface area (Å²) in [4.78, 5) is 0. The fraction of sp³-hybridized carbons (Fsp3) is 1.00. The zero-order valence-corrected chi connectivity index (χ0v) is 8.81. The quantitative estimate of drug-likeness (QED) is 0.709. The van der Waals surface area contributed by atoms with Crippen molar-refractivity contribution in [2.45, 2.75) is 57.8 Å². The van der Waals surface area contributed by atoms with Crippen molar-refractivity contribution < 1.29 is 4.74 Å². The first-order valence-electron chi connectivity index (χ1n) is 5.61. The fourth-order valence-electron chi connectivity index (χ4n) is 2.56. The molecule has 1 saturated heterocycles. The molecule has 1 aliphatic carbocycles. The Bertz CT molecular complexity index is 173. The van der Waals surface area contributed by atoms with Gasteiger partial charge in [0.2, 0.25) is 0 Å². The highest BCUT2D eigenvalue weighted by molar-refractivity contribution is 4.93. The van der Waals surface area contributed by atoms with E-state index in [1.807, 2.05) is 0 Å². The Balaban J connectivity index is 1.86. The summed E-state index contributed by atoms with van der Waals surface area (Å²) in [5.74, 6) is 0.731. The van der Waals surface area contributed by atoms with Crippen molar-refractivity contribution in [3.63, 3.8) is 0 Å². The number of ether oxygens (including phenoxy) is 1. The van der Waals surface area contributed by atoms with Crippen LogP contribution in [0.5, 0.6) is 0 Å². The molecule has 13 heavy (non-hydrogen) atoms. The predicted molar refractivity (Wildman–Crippen MR) is 53.5 cm³/mol. The van der Waals surface area contributed by atoms with Crippen LogP contribution < -0.4 is 5.32 Å². The van der Waals surface area contributed by atoms with E-state index in [2.05, 4.69) is 19.2 Å². The number of hydrogen-bond acceptors (Lipinski definition) is 2. The molecule has 0 aromatic carbocycles. The SMILES string of the molecule is CC(C)CC1NCC2(CCCC2)O1. The zero-order valence-electron chi connectivity index (χ0n) is 8.81. The number of hydrogen-bond donors (Lipinski definition) is 1. The molecule has 0 bridgehead atoms. The molecule has 1 spiro atoms. The molecule has 1 unspecified atom stereocenters. The summed E-state index contributed by atoms with van der Waals surface area (Å²) in [5, 5.41) is 3.50. The Morgan fingerprint density at radius 3 is 2.69 bits per heavy atom. The van der Waals surface area contributed by atoms with E-state index in [1.54, 1.807) is 0 Å². The van der Waals surface area contributed by atoms with Gasteiger partial charge in [0.25, 0.3) is 0 Å². The lowest BCUT2D eigenvalue weighted by Crippen LogP contribution is -2.28. The average Bonchev–Trinajstić information content (AvgIpc) is 2.63. The molecule has 1 heterocycles. The minimum absolute atomic E-state index is 0.236. The summed E-state index contributed by atoms with van der Waals surface area (Å²) >= 11 is 0. The summed E-state index contributed by atoms with van der Waals surface area (Å²) in [7, 11) is 0. The van der Waals surface area contributed by atoms with Crippen LogP contribution in [0.4, 0.5) is 0 Å². The summed E-state index contributed by atoms with van der Waals surface area (Å²) in [6.45, 7) is 5.60. The third kappa shape index (κ3) is 2.05. The van der Waals surface area contributed by atoms with Crippen molar-refractivity contribution in [2.24, 2.45) is 5.92 Å². The summed E-state index contributed by atoms with van der Waals surface area (Å²) in [5.41, 5.74) is 0.236. The van der Waals surface area contributed by atoms with Crippen molar-refractivity contribution in [1.82, 2.24) is 5.32 Å². The van der Waals surface area contributed by atoms with Crippen LogP contribution in [0.2, 0.25) is 0 Å². The van der Waals surface area contributed by atoms with E-state index in [9.17, 15) is 0 Å². The Labute approximate surface area is 81.0 Å². The first kappa shape index (κ1) is 9.47. The molecule has 2 fully saturated rings. The second kappa shape index (κ2) is 3.58. The van der Waals surface area contributed by atoms with Gasteiger partial charge in [-0.2, -0.15) is 0 Å². The van der Waals surface area contributed by atoms with Crippen LogP contribution in [0.25, 0.3) is 0 Å². The molecular formula is C11H21NO. The molecule has 1 N–H and O–H groups in total. The highest BCUT2D eigenvalue weighted by Crippen LogP contribution is 2.37. The molecule has 0 aromatic heterocycles. The van der Waals surface area contributed by atoms with Crippen molar-refractivity contribution in [3.05, 3.63) is 0 Å². The van der Waals surface area contributed by atoms with Gasteiger partial charge in [-0.25, -0.2) is 0 Å². The fourth-order valence-corrected chi connectivity index (χ4v) is 2.56. The molecule has 0 aromatic rings. The average molecular weight is 183 g/mol. The van der Waals surface area contributed by atoms with Crippen LogP contribution in [0.1, 0.15) is 46.0 Å². The van der Waals surface area contributed by atoms with Crippen molar-refractivity contribution in [2.75, 3.05) is 6.54 Å². The van der Waals surface area contributed by atoms with E-state index in [0.29, 0.717) is 6.23 Å². The van der Waals surface area contributed by atoms with Crippen LogP contribution in [0.3, 0.4) is 0 Å². The summed E-state index contributed by atoms with van der Waals surface area (Å²) in [6, 6.07) is 0. The highest BCUT2D eigenvalue weighted by Gasteiger charge is 2.41. The normalized spacial score (nSPS) is 32.1. The van der Waals surface area contributed by atoms with E-state index in [-0.39, 0.29) is 5.60 Å². The third-order valence-corrected chi connectivity index (χ3v) is 3.24. The molecule has 76 valence electrons. The monoisotopic (exact) mass is 183 g/mol. The second-order valence-corrected chi connectivity index (χ2v) is 5.01. The van der Waals surface area contributed by atoms with Crippen LogP contribution in [-0.2, 0) is 4.74 Å². The standard InChI is InChI=1S/C11H21NO/c1-9(2)7-10-12-8-11(13-10)5-3-4-6-11/h9-10,12H,3-8H2,1-2H3. The Morgan fingerprint density at radius 2 is 2.08 bits per heavy atom. The first-order valence-corrected chi connectivity index (χ1v) is 5.61. The summed E-state index contributed by atoms with van der Waals surface area (Å²) in [6.07, 6.45) is 6.75. The maximum Gasteiger partial charge on any atom is 0.109 e. The molecule has 2 nitrogen and oxygen atoms in total. The minimum Gasteiger partial charge on any atom is -0.356 e. The van der Waals surface area contributed by atoms with Gasteiger partial charge in [-0.05, 0) is 25.2 Å². The number of nitrogens with one attached hydrogen (secondary N) is 1. The molecule has 2 aliphatic rings. The predicted octanol–water partition coefficient (Wildman–Crippen LogP) is 2.29. The molecular weight excluding hydrogens is 162 g/mol. The van der Waals surface area contributed by atoms with Gasteiger partial charge in [0, 0.05) is 6.54 Å². The Kier molecular flexibility index (Phi) is 2.61. The molecule has 1 saturated carbocycles. The molecule has 0 radical (unpaired) electrons. The van der Waals surface area contributed by atoms with Crippen LogP contribution in [-0.4, -0.2) is 18.4 Å². The van der Waals surface area contributed by atoms with Crippen molar-refractivity contribution >= 4 is 0 Å². The van der Waals surface area contributed by atoms with E-state index < -0.39 is 0 Å². The summed E-state index contributed by atoms with van der Waals surface area (Å²) < 4.78 is 6.11. The largest absolute Gasteiger partial charge is 0.356 e. The molecule has 1 atom stereocenters. The lowest BCUT2D eigenvalue weighted by Gasteiger charge is -2.22. The van der Waals surface area contributed by atoms with Crippen LogP contribution in [0.15, 0.2) is 0 Å². The minimum atomic E-state index is 0.236. The number of rotatable bonds is 2. The maximum absolute atomic E-state index is 6.11. The van der Waals surface area contributed by atoms with E-state index >= 15 is 0 Å². The van der Waals surface area contributed by atoms with E-state index in [0.717, 1.165) is 18.9 Å². The van der Waals surface area contributed by atoms with E-state index in [1.165, 1.54) is 25.7 Å².